The van der Waals surface area contributed by atoms with Crippen molar-refractivity contribution in [1.82, 2.24) is 0 Å². The Hall–Kier alpha value is -0.880. The molecule has 0 atom stereocenters. The number of hydrogen-bond acceptors (Lipinski definition) is 3. The fourth-order valence-corrected chi connectivity index (χ4v) is 0.605. The topological polar surface area (TPSA) is 91.3 Å². The highest BCUT2D eigenvalue weighted by molar-refractivity contribution is 7.85. The zero-order valence-electron chi connectivity index (χ0n) is 4.85. The van der Waals surface area contributed by atoms with E-state index in [0.717, 1.165) is 6.08 Å². The van der Waals surface area contributed by atoms with Crippen LogP contribution >= 0.6 is 0 Å². The van der Waals surface area contributed by atoms with E-state index < -0.39 is 21.8 Å². The van der Waals surface area contributed by atoms with Crippen LogP contribution < -0.4 is 0 Å². The van der Waals surface area contributed by atoms with Gasteiger partial charge in [0.1, 0.15) is 0 Å². The van der Waals surface area contributed by atoms with Gasteiger partial charge in [0.05, 0.1) is 5.75 Å². The average molecular weight is 165 g/mol. The van der Waals surface area contributed by atoms with E-state index in [1.165, 1.54) is 0 Å². The minimum atomic E-state index is -4.10. The number of carbonyl (C=O) groups excluding carboxylic acids is 1. The van der Waals surface area contributed by atoms with Gasteiger partial charge in [0.25, 0.3) is 10.1 Å². The van der Waals surface area contributed by atoms with Crippen LogP contribution in [-0.4, -0.2) is 24.7 Å². The van der Waals surface area contributed by atoms with E-state index in [-0.39, 0.29) is 0 Å². The fourth-order valence-electron chi connectivity index (χ4n) is 0.266. The molecule has 1 N–H and O–H groups in total. The molecule has 0 aromatic rings. The van der Waals surface area contributed by atoms with Crippen molar-refractivity contribution in [2.75, 3.05) is 5.75 Å². The first-order valence-corrected chi connectivity index (χ1v) is 3.85. The minimum Gasteiger partial charge on any atom is -0.285 e. The van der Waals surface area contributed by atoms with E-state index >= 15 is 0 Å². The lowest BCUT2D eigenvalue weighted by atomic mass is 10.5. The van der Waals surface area contributed by atoms with Crippen LogP contribution in [0, 0.1) is 0 Å². The number of hydrogen-bond donors (Lipinski definition) is 1. The first-order chi connectivity index (χ1) is 4.42. The van der Waals surface area contributed by atoms with Gasteiger partial charge in [-0.3, -0.25) is 4.55 Å². The van der Waals surface area contributed by atoms with Crippen molar-refractivity contribution in [2.24, 2.45) is 0 Å². The first-order valence-electron chi connectivity index (χ1n) is 2.24. The summed E-state index contributed by atoms with van der Waals surface area (Å²) in [5.41, 5.74) is 0. The summed E-state index contributed by atoms with van der Waals surface area (Å²) in [5, 5.41) is 9.61. The summed E-state index contributed by atoms with van der Waals surface area (Å²) in [6, 6.07) is 0. The molecule has 0 aromatic heterocycles. The van der Waals surface area contributed by atoms with Gasteiger partial charge < -0.3 is 0 Å². The van der Waals surface area contributed by atoms with Crippen LogP contribution in [0.2, 0.25) is 0 Å². The lowest BCUT2D eigenvalue weighted by molar-refractivity contribution is -0.137. The summed E-state index contributed by atoms with van der Waals surface area (Å²) in [6.07, 6.45) is 1.32. The second kappa shape index (κ2) is 3.33. The molecule has 0 saturated heterocycles. The smallest absolute Gasteiger partial charge is 0.285 e. The Bertz CT molecular complexity index is 236. The van der Waals surface area contributed by atoms with Crippen molar-refractivity contribution < 1.29 is 22.9 Å². The third-order valence-corrected chi connectivity index (χ3v) is 1.17. The van der Waals surface area contributed by atoms with Crippen LogP contribution in [0.3, 0.4) is 0 Å². The Kier molecular flexibility index (Phi) is 3.04. The Morgan fingerprint density at radius 3 is 2.30 bits per heavy atom. The maximum Gasteiger partial charge on any atom is 0.378 e. The fraction of sp³-hybridized carbons (Fsp3) is 0.250. The lowest BCUT2D eigenvalue weighted by Gasteiger charge is -1.84. The van der Waals surface area contributed by atoms with Crippen molar-refractivity contribution in [3.8, 4) is 0 Å². The third kappa shape index (κ3) is 7.12. The van der Waals surface area contributed by atoms with E-state index in [1.807, 2.05) is 0 Å². The highest BCUT2D eigenvalue weighted by Gasteiger charge is 1.99. The summed E-state index contributed by atoms with van der Waals surface area (Å²) in [4.78, 5) is 9.61. The maximum atomic E-state index is 9.90. The van der Waals surface area contributed by atoms with Crippen molar-refractivity contribution in [2.45, 2.75) is 0 Å². The van der Waals surface area contributed by atoms with Crippen molar-refractivity contribution in [3.63, 3.8) is 0 Å². The van der Waals surface area contributed by atoms with Gasteiger partial charge >= 0.3 is 5.97 Å². The molecule has 10 heavy (non-hydrogen) atoms. The molecule has 0 spiro atoms. The Labute approximate surface area is 57.7 Å². The average Bonchev–Trinajstić information content (AvgIpc) is 1.59. The van der Waals surface area contributed by atoms with Gasteiger partial charge in [-0.25, -0.2) is 9.90 Å². The normalized spacial score (nSPS) is 12.1. The van der Waals surface area contributed by atoms with Crippen molar-refractivity contribution in [3.05, 3.63) is 12.2 Å². The summed E-state index contributed by atoms with van der Waals surface area (Å²) in [5.74, 6) is -2.20. The number of rotatable bonds is 3. The van der Waals surface area contributed by atoms with E-state index in [4.69, 9.17) is 4.55 Å². The van der Waals surface area contributed by atoms with Gasteiger partial charge in [-0.15, -0.1) is 0 Å². The molecule has 6 heteroatoms. The summed E-state index contributed by atoms with van der Waals surface area (Å²) in [7, 11) is -4.10. The SMILES string of the molecule is [O]C(=O)C=CCS(=O)(=O)O. The molecule has 1 radical (unpaired) electrons. The summed E-state index contributed by atoms with van der Waals surface area (Å²) in [6.45, 7) is 0. The molecule has 0 aliphatic heterocycles. The molecular formula is C4H5O5S. The third-order valence-electron chi connectivity index (χ3n) is 0.561. The van der Waals surface area contributed by atoms with Crippen LogP contribution in [0.15, 0.2) is 12.2 Å². The molecule has 5 nitrogen and oxygen atoms in total. The Balaban J connectivity index is 3.88. The van der Waals surface area contributed by atoms with E-state index in [2.05, 4.69) is 0 Å². The van der Waals surface area contributed by atoms with Crippen LogP contribution in [0.5, 0.6) is 0 Å². The quantitative estimate of drug-likeness (QED) is 0.446. The monoisotopic (exact) mass is 165 g/mol. The van der Waals surface area contributed by atoms with Crippen LogP contribution in [-0.2, 0) is 20.0 Å². The first kappa shape index (κ1) is 9.12. The van der Waals surface area contributed by atoms with Gasteiger partial charge in [-0.2, -0.15) is 8.42 Å². The van der Waals surface area contributed by atoms with Crippen LogP contribution in [0.4, 0.5) is 0 Å². The summed E-state index contributed by atoms with van der Waals surface area (Å²) < 4.78 is 27.8. The molecule has 0 amide bonds. The molecule has 0 bridgehead atoms. The molecule has 0 saturated carbocycles. The van der Waals surface area contributed by atoms with Crippen molar-refractivity contribution >= 4 is 16.1 Å². The molecule has 0 heterocycles. The van der Waals surface area contributed by atoms with Gasteiger partial charge in [-0.05, 0) is 0 Å². The highest BCUT2D eigenvalue weighted by atomic mass is 32.2. The van der Waals surface area contributed by atoms with Crippen LogP contribution in [0.25, 0.3) is 0 Å². The van der Waals surface area contributed by atoms with Gasteiger partial charge in [-0.1, -0.05) is 6.08 Å². The molecule has 0 fully saturated rings. The maximum absolute atomic E-state index is 9.90. The highest BCUT2D eigenvalue weighted by Crippen LogP contribution is 1.83. The van der Waals surface area contributed by atoms with E-state index in [0.29, 0.717) is 6.08 Å². The Morgan fingerprint density at radius 1 is 1.50 bits per heavy atom. The second-order valence-electron chi connectivity index (χ2n) is 1.47. The van der Waals surface area contributed by atoms with Crippen LogP contribution in [0.1, 0.15) is 0 Å². The van der Waals surface area contributed by atoms with Gasteiger partial charge in [0.15, 0.2) is 0 Å². The van der Waals surface area contributed by atoms with Gasteiger partial charge in [0.2, 0.25) is 0 Å². The molecule has 0 rings (SSSR count). The summed E-state index contributed by atoms with van der Waals surface area (Å²) >= 11 is 0. The number of carbonyl (C=O) groups is 1. The zero-order valence-corrected chi connectivity index (χ0v) is 5.67. The molecule has 57 valence electrons. The molecule has 0 unspecified atom stereocenters. The van der Waals surface area contributed by atoms with E-state index in [9.17, 15) is 18.3 Å². The molecule has 0 aliphatic carbocycles. The van der Waals surface area contributed by atoms with Crippen molar-refractivity contribution in [1.29, 1.82) is 0 Å². The standard InChI is InChI=1S/C4H5O5S/c5-4(6)2-1-3-10(7,8)9/h1-2H,3H2,(H,7,8,9). The Morgan fingerprint density at radius 2 is 2.00 bits per heavy atom. The predicted octanol–water partition coefficient (Wildman–Crippen LogP) is -0.612. The van der Waals surface area contributed by atoms with E-state index in [1.54, 1.807) is 0 Å². The largest absolute Gasteiger partial charge is 0.378 e. The molecule has 0 aromatic carbocycles. The zero-order chi connectivity index (χ0) is 8.20. The lowest BCUT2D eigenvalue weighted by Crippen LogP contribution is -2.00. The minimum absolute atomic E-state index is 0.535. The molecule has 0 aliphatic rings. The molecular weight excluding hydrogens is 160 g/mol. The van der Waals surface area contributed by atoms with Gasteiger partial charge in [0, 0.05) is 6.08 Å². The second-order valence-corrected chi connectivity index (χ2v) is 2.97. The predicted molar refractivity (Wildman–Crippen MR) is 31.2 cm³/mol.